The smallest absolute Gasteiger partial charge is 0.0563 e. The van der Waals surface area contributed by atoms with Crippen LogP contribution in [-0.2, 0) is 0 Å². The normalized spacial score (nSPS) is 9.33. The molecule has 3 heteroatoms. The van der Waals surface area contributed by atoms with Crippen molar-refractivity contribution in [1.82, 2.24) is 11.1 Å². The Bertz CT molecular complexity index is 232. The summed E-state index contributed by atoms with van der Waals surface area (Å²) in [5, 5.41) is 2.08. The molecule has 0 aliphatic heterocycles. The van der Waals surface area contributed by atoms with Gasteiger partial charge < -0.3 is 4.98 Å². The zero-order chi connectivity index (χ0) is 5.40. The van der Waals surface area contributed by atoms with Crippen molar-refractivity contribution in [3.05, 3.63) is 23.7 Å². The van der Waals surface area contributed by atoms with Gasteiger partial charge in [0.1, 0.15) is 0 Å². The second-order valence-corrected chi connectivity index (χ2v) is 2.62. The summed E-state index contributed by atoms with van der Waals surface area (Å²) in [6, 6.07) is 4.17. The number of rotatable bonds is 0. The van der Waals surface area contributed by atoms with Crippen LogP contribution in [-0.4, -0.2) is 4.98 Å². The van der Waals surface area contributed by atoms with Crippen molar-refractivity contribution in [2.24, 2.45) is 0 Å². The number of nitrogens with zero attached hydrogens (tertiary/aromatic N) is 1. The quantitative estimate of drug-likeness (QED) is 0.575. The van der Waals surface area contributed by atoms with Crippen LogP contribution in [0.4, 0.5) is 0 Å². The fourth-order valence-electron chi connectivity index (χ4n) is 0.776. The van der Waals surface area contributed by atoms with E-state index < -0.39 is 0 Å². The third-order valence-electron chi connectivity index (χ3n) is 1.17. The summed E-state index contributed by atoms with van der Waals surface area (Å²) in [4.78, 5) is 3.11. The number of nitrogens with one attached hydrogen (secondary N) is 1. The maximum atomic E-state index is 3.11. The van der Waals surface area contributed by atoms with Gasteiger partial charge in [-0.25, -0.2) is 0 Å². The zero-order valence-electron chi connectivity index (χ0n) is 4.66. The number of fused-ring (bicyclic) bond motifs is 1. The van der Waals surface area contributed by atoms with Crippen LogP contribution >= 0.6 is 11.3 Å². The van der Waals surface area contributed by atoms with E-state index in [1.165, 1.54) is 10.2 Å². The predicted octanol–water partition coefficient (Wildman–Crippen LogP) is 1.75. The molecule has 2 aromatic heterocycles. The zero-order valence-corrected chi connectivity index (χ0v) is 5.48. The maximum absolute atomic E-state index is 3.11. The summed E-state index contributed by atoms with van der Waals surface area (Å²) < 4.78 is 1.34. The lowest BCUT2D eigenvalue weighted by Crippen LogP contribution is -1.49. The minimum absolute atomic E-state index is 0. The van der Waals surface area contributed by atoms with Gasteiger partial charge in [-0.3, -0.25) is 0 Å². The summed E-state index contributed by atoms with van der Waals surface area (Å²) in [6.45, 7) is 0. The van der Waals surface area contributed by atoms with E-state index in [0.29, 0.717) is 0 Å². The molecule has 0 bridgehead atoms. The van der Waals surface area contributed by atoms with Crippen LogP contribution in [0.15, 0.2) is 23.7 Å². The van der Waals surface area contributed by atoms with Crippen molar-refractivity contribution >= 4 is 21.6 Å². The molecule has 0 spiro atoms. The molecule has 0 fully saturated rings. The highest BCUT2D eigenvalue weighted by atomic mass is 32.1. The second kappa shape index (κ2) is 2.21. The summed E-state index contributed by atoms with van der Waals surface area (Å²) in [5.74, 6) is 0. The Balaban J connectivity index is 0.000000405. The van der Waals surface area contributed by atoms with Crippen molar-refractivity contribution < 1.29 is 0 Å². The van der Waals surface area contributed by atoms with Crippen molar-refractivity contribution in [2.75, 3.05) is 0 Å². The monoisotopic (exact) mass is 137 g/mol. The van der Waals surface area contributed by atoms with Crippen molar-refractivity contribution in [1.29, 1.82) is 0 Å². The molecular weight excluding hydrogens is 132 g/mol. The van der Waals surface area contributed by atoms with Gasteiger partial charge in [-0.05, 0) is 17.5 Å². The highest BCUT2D eigenvalue weighted by Crippen LogP contribution is 2.17. The number of aromatic amines is 1. The lowest BCUT2D eigenvalue weighted by molar-refractivity contribution is 1.48. The Morgan fingerprint density at radius 2 is 2.22 bits per heavy atom. The second-order valence-electron chi connectivity index (χ2n) is 1.68. The number of thiophene rings is 1. The molecule has 0 unspecified atom stereocenters. The van der Waals surface area contributed by atoms with Gasteiger partial charge in [-0.15, -0.1) is 11.3 Å². The van der Waals surface area contributed by atoms with Gasteiger partial charge in [0.25, 0.3) is 0 Å². The standard InChI is InChI=1S/C6H5NS.N/c1-3-7-5-2-4-8-6(1)5;/h1-4,7H;. The Hall–Kier alpha value is -0.800. The first-order valence-corrected chi connectivity index (χ1v) is 3.35. The molecule has 0 saturated heterocycles. The van der Waals surface area contributed by atoms with Gasteiger partial charge in [0.2, 0.25) is 0 Å². The lowest BCUT2D eigenvalue weighted by atomic mass is 10.5. The highest BCUT2D eigenvalue weighted by Gasteiger charge is 1.89. The third-order valence-corrected chi connectivity index (χ3v) is 2.05. The van der Waals surface area contributed by atoms with Gasteiger partial charge in [0, 0.05) is 12.3 Å². The molecule has 0 aliphatic carbocycles. The molecule has 3 radical (unpaired) electrons. The number of H-pyrrole nitrogens is 1. The molecule has 1 N–H and O–H groups in total. The van der Waals surface area contributed by atoms with E-state index in [0.717, 1.165) is 0 Å². The molecule has 0 aromatic carbocycles. The van der Waals surface area contributed by atoms with Gasteiger partial charge in [0.05, 0.1) is 10.2 Å². The summed E-state index contributed by atoms with van der Waals surface area (Å²) in [5.41, 5.74) is 1.25. The molecule has 0 saturated carbocycles. The Morgan fingerprint density at radius 1 is 1.33 bits per heavy atom. The minimum Gasteiger partial charge on any atom is -0.360 e. The first kappa shape index (κ1) is 6.32. The van der Waals surface area contributed by atoms with Crippen LogP contribution in [0.25, 0.3) is 10.2 Å². The molecule has 0 atom stereocenters. The van der Waals surface area contributed by atoms with Gasteiger partial charge >= 0.3 is 0 Å². The first-order valence-electron chi connectivity index (χ1n) is 2.47. The Labute approximate surface area is 57.1 Å². The average molecular weight is 137 g/mol. The molecule has 2 rings (SSSR count). The average Bonchev–Trinajstić information content (AvgIpc) is 2.15. The summed E-state index contributed by atoms with van der Waals surface area (Å²) >= 11 is 1.76. The predicted molar refractivity (Wildman–Crippen MR) is 38.3 cm³/mol. The third kappa shape index (κ3) is 0.843. The number of hydrogen-bond donors (Lipinski definition) is 1. The SMILES string of the molecule is [N].c1cc2sccc2[nH]1. The molecule has 45 valence electrons. The topological polar surface area (TPSA) is 46.3 Å². The largest absolute Gasteiger partial charge is 0.360 e. The fraction of sp³-hybridized carbons (Fsp3) is 0. The molecule has 2 nitrogen and oxygen atoms in total. The Kier molecular flexibility index (Phi) is 1.55. The molecular formula is C6H5N2S. The lowest BCUT2D eigenvalue weighted by Gasteiger charge is -1.66. The van der Waals surface area contributed by atoms with Crippen LogP contribution in [0.1, 0.15) is 0 Å². The Morgan fingerprint density at radius 3 is 3.00 bits per heavy atom. The van der Waals surface area contributed by atoms with Crippen LogP contribution in [0.2, 0.25) is 0 Å². The molecule has 0 amide bonds. The van der Waals surface area contributed by atoms with Gasteiger partial charge in [0.15, 0.2) is 0 Å². The molecule has 0 aliphatic rings. The summed E-state index contributed by atoms with van der Waals surface area (Å²) in [6.07, 6.45) is 1.96. The molecule has 2 aromatic rings. The van der Waals surface area contributed by atoms with E-state index in [1.807, 2.05) is 6.20 Å². The van der Waals surface area contributed by atoms with E-state index >= 15 is 0 Å². The van der Waals surface area contributed by atoms with Crippen LogP contribution in [0.5, 0.6) is 0 Å². The van der Waals surface area contributed by atoms with Crippen LogP contribution in [0.3, 0.4) is 0 Å². The van der Waals surface area contributed by atoms with E-state index in [-0.39, 0.29) is 6.15 Å². The van der Waals surface area contributed by atoms with Crippen molar-refractivity contribution in [2.45, 2.75) is 0 Å². The molecule has 9 heavy (non-hydrogen) atoms. The maximum Gasteiger partial charge on any atom is 0.0563 e. The van der Waals surface area contributed by atoms with Gasteiger partial charge in [-0.2, -0.15) is 0 Å². The van der Waals surface area contributed by atoms with E-state index in [9.17, 15) is 0 Å². The van der Waals surface area contributed by atoms with Crippen LogP contribution in [0, 0.1) is 0 Å². The van der Waals surface area contributed by atoms with E-state index in [4.69, 9.17) is 0 Å². The van der Waals surface area contributed by atoms with Crippen molar-refractivity contribution in [3.63, 3.8) is 0 Å². The first-order chi connectivity index (χ1) is 3.97. The highest BCUT2D eigenvalue weighted by molar-refractivity contribution is 7.17. The van der Waals surface area contributed by atoms with Crippen LogP contribution < -0.4 is 6.15 Å². The van der Waals surface area contributed by atoms with E-state index in [2.05, 4.69) is 22.5 Å². The number of hydrogen-bond acceptors (Lipinski definition) is 1. The van der Waals surface area contributed by atoms with E-state index in [1.54, 1.807) is 11.3 Å². The minimum atomic E-state index is 0. The van der Waals surface area contributed by atoms with Gasteiger partial charge in [-0.1, -0.05) is 0 Å². The number of aromatic nitrogens is 1. The fourth-order valence-corrected chi connectivity index (χ4v) is 1.53. The molecule has 2 heterocycles. The van der Waals surface area contributed by atoms with Crippen molar-refractivity contribution in [3.8, 4) is 0 Å². The summed E-state index contributed by atoms with van der Waals surface area (Å²) in [7, 11) is 0.